The maximum atomic E-state index is 6.22. The van der Waals surface area contributed by atoms with Gasteiger partial charge >= 0.3 is 0 Å². The largest absolute Gasteiger partial charge is 0.397 e. The highest BCUT2D eigenvalue weighted by Crippen LogP contribution is 2.41. The van der Waals surface area contributed by atoms with Gasteiger partial charge in [0.05, 0.1) is 44.1 Å². The van der Waals surface area contributed by atoms with Crippen molar-refractivity contribution in [2.45, 2.75) is 12.3 Å². The lowest BCUT2D eigenvalue weighted by atomic mass is 9.58. The molecule has 1 aliphatic heterocycles. The highest BCUT2D eigenvalue weighted by molar-refractivity contribution is 6.41. The molecule has 0 aliphatic carbocycles. The van der Waals surface area contributed by atoms with Crippen LogP contribution in [0.15, 0.2) is 24.3 Å². The normalized spacial score (nSPS) is 16.2. The van der Waals surface area contributed by atoms with Gasteiger partial charge in [0.2, 0.25) is 0 Å². The minimum atomic E-state index is -1.12. The van der Waals surface area contributed by atoms with Gasteiger partial charge in [0, 0.05) is 12.4 Å². The van der Waals surface area contributed by atoms with Crippen molar-refractivity contribution in [1.82, 2.24) is 9.78 Å². The maximum Gasteiger partial charge on any atom is 0.0986 e. The monoisotopic (exact) mass is 234 g/mol. The molecule has 3 rings (SSSR count). The van der Waals surface area contributed by atoms with E-state index < -0.39 is 5.34 Å². The van der Waals surface area contributed by atoms with E-state index in [1.165, 1.54) is 0 Å². The third-order valence-electron chi connectivity index (χ3n) is 3.41. The number of anilines is 2. The van der Waals surface area contributed by atoms with E-state index in [1.54, 1.807) is 9.58 Å². The van der Waals surface area contributed by atoms with E-state index in [1.807, 2.05) is 38.2 Å². The van der Waals surface area contributed by atoms with E-state index in [-0.39, 0.29) is 0 Å². The molecule has 1 aromatic carbocycles. The van der Waals surface area contributed by atoms with Crippen molar-refractivity contribution in [3.8, 4) is 5.69 Å². The van der Waals surface area contributed by atoms with Crippen molar-refractivity contribution in [3.63, 3.8) is 0 Å². The second kappa shape index (κ2) is 3.34. The Balaban J connectivity index is 2.40. The van der Waals surface area contributed by atoms with Gasteiger partial charge in [-0.3, -0.25) is 0 Å². The summed E-state index contributed by atoms with van der Waals surface area (Å²) in [6.07, 6.45) is 0. The zero-order chi connectivity index (χ0) is 13.1. The fourth-order valence-electron chi connectivity index (χ4n) is 2.41. The SMILES string of the molecule is [B]C1([B])c2cc(C)nn2-c2cccc(N)c2N1C. The van der Waals surface area contributed by atoms with Crippen molar-refractivity contribution in [3.05, 3.63) is 35.7 Å². The predicted octanol–water partition coefficient (Wildman–Crippen LogP) is 0.660. The highest BCUT2D eigenvalue weighted by Gasteiger charge is 2.36. The number of fused-ring (bicyclic) bond motifs is 3. The number of aromatic nitrogens is 2. The summed E-state index contributed by atoms with van der Waals surface area (Å²) in [5, 5.41) is 3.32. The molecule has 0 unspecified atom stereocenters. The Morgan fingerprint density at radius 2 is 2.06 bits per heavy atom. The van der Waals surface area contributed by atoms with Crippen molar-refractivity contribution >= 4 is 27.1 Å². The molecule has 4 nitrogen and oxygen atoms in total. The Labute approximate surface area is 109 Å². The lowest BCUT2D eigenvalue weighted by Crippen LogP contribution is -2.49. The van der Waals surface area contributed by atoms with Gasteiger partial charge < -0.3 is 10.6 Å². The molecule has 1 aliphatic rings. The van der Waals surface area contributed by atoms with Crippen molar-refractivity contribution in [2.24, 2.45) is 0 Å². The van der Waals surface area contributed by atoms with Crippen LogP contribution in [0.4, 0.5) is 11.4 Å². The molecule has 2 heterocycles. The lowest BCUT2D eigenvalue weighted by Gasteiger charge is -2.44. The minimum absolute atomic E-state index is 0.633. The molecule has 86 valence electrons. The molecule has 0 atom stereocenters. The van der Waals surface area contributed by atoms with Gasteiger partial charge in [-0.2, -0.15) is 5.10 Å². The number of aryl methyl sites for hydroxylation is 1. The van der Waals surface area contributed by atoms with E-state index in [0.717, 1.165) is 22.8 Å². The van der Waals surface area contributed by atoms with Crippen molar-refractivity contribution in [1.29, 1.82) is 0 Å². The summed E-state index contributed by atoms with van der Waals surface area (Å²) < 4.78 is 1.76. The summed E-state index contributed by atoms with van der Waals surface area (Å²) >= 11 is 0. The molecule has 4 radical (unpaired) electrons. The molecule has 0 saturated heterocycles. The van der Waals surface area contributed by atoms with Gasteiger partial charge in [-0.1, -0.05) is 6.07 Å². The predicted molar refractivity (Wildman–Crippen MR) is 74.3 cm³/mol. The Hall–Kier alpha value is -1.84. The summed E-state index contributed by atoms with van der Waals surface area (Å²) in [5.41, 5.74) is 9.98. The molecule has 0 saturated carbocycles. The van der Waals surface area contributed by atoms with E-state index in [2.05, 4.69) is 5.10 Å². The summed E-state index contributed by atoms with van der Waals surface area (Å²) in [6.45, 7) is 1.91. The molecular formula is C12H12B2N4. The fraction of sp³-hybridized carbons (Fsp3) is 0.250. The van der Waals surface area contributed by atoms with Crippen LogP contribution in [0.5, 0.6) is 0 Å². The van der Waals surface area contributed by atoms with Crippen molar-refractivity contribution < 1.29 is 0 Å². The first-order chi connectivity index (χ1) is 8.43. The van der Waals surface area contributed by atoms with Crippen LogP contribution in [0.25, 0.3) is 5.69 Å². The number of nitrogens with two attached hydrogens (primary N) is 1. The van der Waals surface area contributed by atoms with E-state index in [0.29, 0.717) is 5.69 Å². The first kappa shape index (κ1) is 11.3. The first-order valence-corrected chi connectivity index (χ1v) is 5.70. The molecular weight excluding hydrogens is 222 g/mol. The molecule has 1 aromatic heterocycles. The molecule has 18 heavy (non-hydrogen) atoms. The maximum absolute atomic E-state index is 6.22. The minimum Gasteiger partial charge on any atom is -0.397 e. The zero-order valence-electron chi connectivity index (χ0n) is 10.4. The number of benzene rings is 1. The van der Waals surface area contributed by atoms with E-state index >= 15 is 0 Å². The molecule has 0 amide bonds. The van der Waals surface area contributed by atoms with Crippen LogP contribution in [-0.4, -0.2) is 32.5 Å². The molecule has 0 fully saturated rings. The zero-order valence-corrected chi connectivity index (χ0v) is 10.4. The topological polar surface area (TPSA) is 47.1 Å². The number of nitrogen functional groups attached to an aromatic ring is 1. The Bertz CT molecular complexity index is 633. The number of para-hydroxylation sites is 1. The smallest absolute Gasteiger partial charge is 0.0986 e. The highest BCUT2D eigenvalue weighted by atomic mass is 15.4. The summed E-state index contributed by atoms with van der Waals surface area (Å²) in [6, 6.07) is 7.56. The average Bonchev–Trinajstić information content (AvgIpc) is 2.69. The molecule has 0 bridgehead atoms. The van der Waals surface area contributed by atoms with Crippen LogP contribution >= 0.6 is 0 Å². The Kier molecular flexibility index (Phi) is 2.09. The van der Waals surface area contributed by atoms with Gasteiger partial charge in [-0.25, -0.2) is 4.68 Å². The number of rotatable bonds is 0. The third kappa shape index (κ3) is 1.26. The first-order valence-electron chi connectivity index (χ1n) is 5.70. The van der Waals surface area contributed by atoms with Crippen LogP contribution in [-0.2, 0) is 5.34 Å². The van der Waals surface area contributed by atoms with Gasteiger partial charge in [0.15, 0.2) is 0 Å². The lowest BCUT2D eigenvalue weighted by molar-refractivity contribution is 0.676. The van der Waals surface area contributed by atoms with E-state index in [4.69, 9.17) is 21.4 Å². The van der Waals surface area contributed by atoms with Crippen LogP contribution in [0, 0.1) is 6.92 Å². The summed E-state index contributed by atoms with van der Waals surface area (Å²) in [4.78, 5) is 1.79. The average molecular weight is 234 g/mol. The Morgan fingerprint density at radius 3 is 2.78 bits per heavy atom. The summed E-state index contributed by atoms with van der Waals surface area (Å²) in [5.74, 6) is 0. The second-order valence-corrected chi connectivity index (χ2v) is 4.68. The van der Waals surface area contributed by atoms with Crippen LogP contribution in [0.1, 0.15) is 11.4 Å². The number of nitrogens with zero attached hydrogens (tertiary/aromatic N) is 3. The molecule has 2 N–H and O–H groups in total. The van der Waals surface area contributed by atoms with Gasteiger partial charge in [0.25, 0.3) is 0 Å². The van der Waals surface area contributed by atoms with Gasteiger partial charge in [-0.05, 0) is 25.1 Å². The second-order valence-electron chi connectivity index (χ2n) is 4.68. The Morgan fingerprint density at radius 1 is 1.33 bits per heavy atom. The van der Waals surface area contributed by atoms with E-state index in [9.17, 15) is 0 Å². The number of hydrogen-bond acceptors (Lipinski definition) is 3. The summed E-state index contributed by atoms with van der Waals surface area (Å²) in [7, 11) is 14.3. The molecule has 2 aromatic rings. The fourth-order valence-corrected chi connectivity index (χ4v) is 2.41. The van der Waals surface area contributed by atoms with Gasteiger partial charge in [0.1, 0.15) is 0 Å². The number of hydrogen-bond donors (Lipinski definition) is 1. The third-order valence-corrected chi connectivity index (χ3v) is 3.41. The van der Waals surface area contributed by atoms with Crippen molar-refractivity contribution in [2.75, 3.05) is 17.7 Å². The van der Waals surface area contributed by atoms with Gasteiger partial charge in [-0.15, -0.1) is 0 Å². The quantitative estimate of drug-likeness (QED) is 0.537. The van der Waals surface area contributed by atoms with Crippen LogP contribution in [0.2, 0.25) is 0 Å². The van der Waals surface area contributed by atoms with Crippen LogP contribution in [0.3, 0.4) is 0 Å². The van der Waals surface area contributed by atoms with Crippen LogP contribution < -0.4 is 10.6 Å². The molecule has 0 spiro atoms. The molecule has 6 heteroatoms. The standard InChI is InChI=1S/C12H12B2N4/c1-7-6-10-12(13,14)17(2)11-8(15)4-3-5-9(11)18(10)16-7/h3-6H,15H2,1-2H3.